The van der Waals surface area contributed by atoms with Crippen LogP contribution in [0, 0.1) is 6.92 Å². The second-order valence-electron chi connectivity index (χ2n) is 3.15. The van der Waals surface area contributed by atoms with Gasteiger partial charge in [-0.2, -0.15) is 0 Å². The number of rotatable bonds is 4. The quantitative estimate of drug-likeness (QED) is 0.746. The molecule has 0 fully saturated rings. The molecule has 0 aliphatic carbocycles. The van der Waals surface area contributed by atoms with E-state index in [0.29, 0.717) is 12.3 Å². The van der Waals surface area contributed by atoms with Crippen LogP contribution in [0.15, 0.2) is 12.1 Å². The summed E-state index contributed by atoms with van der Waals surface area (Å²) in [6.07, 6.45) is 0.550. The lowest BCUT2D eigenvalue weighted by molar-refractivity contribution is 0.276. The lowest BCUT2D eigenvalue weighted by Gasteiger charge is -2.13. The maximum Gasteiger partial charge on any atom is 0.213 e. The van der Waals surface area contributed by atoms with Gasteiger partial charge in [0.25, 0.3) is 0 Å². The van der Waals surface area contributed by atoms with Crippen molar-refractivity contribution in [2.24, 2.45) is 5.73 Å². The first-order valence-corrected chi connectivity index (χ1v) is 4.57. The summed E-state index contributed by atoms with van der Waals surface area (Å²) in [5.41, 5.74) is 7.67. The minimum atomic E-state index is -0.154. The zero-order valence-corrected chi connectivity index (χ0v) is 8.53. The molecule has 1 heterocycles. The SMILES string of the molecule is COc1ccc([C@@H](N)CCO)c(C)n1. The average molecular weight is 196 g/mol. The largest absolute Gasteiger partial charge is 0.481 e. The minimum absolute atomic E-state index is 0.0899. The third kappa shape index (κ3) is 2.43. The second kappa shape index (κ2) is 4.93. The van der Waals surface area contributed by atoms with Gasteiger partial charge in [-0.3, -0.25) is 0 Å². The van der Waals surface area contributed by atoms with Gasteiger partial charge in [0.2, 0.25) is 5.88 Å². The third-order valence-corrected chi connectivity index (χ3v) is 2.15. The fourth-order valence-corrected chi connectivity index (χ4v) is 1.35. The van der Waals surface area contributed by atoms with Crippen LogP contribution in [0.2, 0.25) is 0 Å². The van der Waals surface area contributed by atoms with Crippen molar-refractivity contribution in [3.8, 4) is 5.88 Å². The van der Waals surface area contributed by atoms with E-state index in [1.54, 1.807) is 13.2 Å². The van der Waals surface area contributed by atoms with Crippen LogP contribution in [0.25, 0.3) is 0 Å². The molecule has 4 nitrogen and oxygen atoms in total. The molecule has 78 valence electrons. The molecule has 1 aromatic heterocycles. The Bertz CT molecular complexity index is 302. The topological polar surface area (TPSA) is 68.4 Å². The van der Waals surface area contributed by atoms with Gasteiger partial charge in [-0.25, -0.2) is 4.98 Å². The normalized spacial score (nSPS) is 12.6. The van der Waals surface area contributed by atoms with E-state index in [9.17, 15) is 0 Å². The van der Waals surface area contributed by atoms with Crippen LogP contribution in [-0.2, 0) is 0 Å². The van der Waals surface area contributed by atoms with Crippen LogP contribution < -0.4 is 10.5 Å². The van der Waals surface area contributed by atoms with Gasteiger partial charge in [0.15, 0.2) is 0 Å². The van der Waals surface area contributed by atoms with Crippen LogP contribution >= 0.6 is 0 Å². The van der Waals surface area contributed by atoms with E-state index >= 15 is 0 Å². The number of aryl methyl sites for hydroxylation is 1. The summed E-state index contributed by atoms with van der Waals surface area (Å²) in [5.74, 6) is 0.586. The van der Waals surface area contributed by atoms with Gasteiger partial charge in [0.1, 0.15) is 0 Å². The molecule has 0 spiro atoms. The van der Waals surface area contributed by atoms with Gasteiger partial charge in [0, 0.05) is 24.4 Å². The molecular weight excluding hydrogens is 180 g/mol. The number of hydrogen-bond donors (Lipinski definition) is 2. The lowest BCUT2D eigenvalue weighted by Crippen LogP contribution is -2.14. The Morgan fingerprint density at radius 3 is 2.79 bits per heavy atom. The van der Waals surface area contributed by atoms with Gasteiger partial charge in [-0.15, -0.1) is 0 Å². The Morgan fingerprint density at radius 1 is 1.57 bits per heavy atom. The Morgan fingerprint density at radius 2 is 2.29 bits per heavy atom. The van der Waals surface area contributed by atoms with Gasteiger partial charge < -0.3 is 15.6 Å². The molecule has 0 unspecified atom stereocenters. The highest BCUT2D eigenvalue weighted by Crippen LogP contribution is 2.19. The molecular formula is C10H16N2O2. The Kier molecular flexibility index (Phi) is 3.85. The highest BCUT2D eigenvalue weighted by atomic mass is 16.5. The third-order valence-electron chi connectivity index (χ3n) is 2.15. The van der Waals surface area contributed by atoms with E-state index in [-0.39, 0.29) is 12.6 Å². The van der Waals surface area contributed by atoms with E-state index < -0.39 is 0 Å². The smallest absolute Gasteiger partial charge is 0.213 e. The lowest BCUT2D eigenvalue weighted by atomic mass is 10.0. The van der Waals surface area contributed by atoms with Crippen LogP contribution in [0.1, 0.15) is 23.7 Å². The molecule has 0 saturated carbocycles. The fraction of sp³-hybridized carbons (Fsp3) is 0.500. The number of nitrogens with zero attached hydrogens (tertiary/aromatic N) is 1. The molecule has 14 heavy (non-hydrogen) atoms. The van der Waals surface area contributed by atoms with Crippen molar-refractivity contribution in [1.29, 1.82) is 0 Å². The molecule has 3 N–H and O–H groups in total. The molecule has 1 rings (SSSR count). The van der Waals surface area contributed by atoms with E-state index in [1.807, 2.05) is 13.0 Å². The van der Waals surface area contributed by atoms with Gasteiger partial charge in [-0.05, 0) is 18.9 Å². The summed E-state index contributed by atoms with van der Waals surface area (Å²) in [5, 5.41) is 8.76. The molecule has 1 aromatic rings. The van der Waals surface area contributed by atoms with Gasteiger partial charge in [-0.1, -0.05) is 6.07 Å². The maximum absolute atomic E-state index is 8.76. The van der Waals surface area contributed by atoms with Crippen molar-refractivity contribution < 1.29 is 9.84 Å². The number of nitrogens with two attached hydrogens (primary N) is 1. The van der Waals surface area contributed by atoms with Crippen molar-refractivity contribution in [2.45, 2.75) is 19.4 Å². The molecule has 0 aromatic carbocycles. The van der Waals surface area contributed by atoms with Crippen molar-refractivity contribution in [3.05, 3.63) is 23.4 Å². The fourth-order valence-electron chi connectivity index (χ4n) is 1.35. The molecule has 0 aliphatic heterocycles. The van der Waals surface area contributed by atoms with Crippen LogP contribution in [-0.4, -0.2) is 23.8 Å². The number of ether oxygens (including phenoxy) is 1. The van der Waals surface area contributed by atoms with Crippen molar-refractivity contribution in [3.63, 3.8) is 0 Å². The predicted molar refractivity (Wildman–Crippen MR) is 54.2 cm³/mol. The number of pyridine rings is 1. The molecule has 4 heteroatoms. The first kappa shape index (κ1) is 10.9. The molecule has 0 amide bonds. The van der Waals surface area contributed by atoms with Crippen molar-refractivity contribution in [2.75, 3.05) is 13.7 Å². The molecule has 1 atom stereocenters. The zero-order valence-electron chi connectivity index (χ0n) is 8.53. The minimum Gasteiger partial charge on any atom is -0.481 e. The van der Waals surface area contributed by atoms with E-state index in [1.165, 1.54) is 0 Å². The Balaban J connectivity index is 2.88. The first-order chi connectivity index (χ1) is 6.69. The molecule has 0 bridgehead atoms. The Labute approximate surface area is 83.7 Å². The standard InChI is InChI=1S/C10H16N2O2/c1-7-8(9(11)5-6-13)3-4-10(12-7)14-2/h3-4,9,13H,5-6,11H2,1-2H3/t9-/m0/s1. The number of aliphatic hydroxyl groups is 1. The van der Waals surface area contributed by atoms with Crippen LogP contribution in [0.3, 0.4) is 0 Å². The first-order valence-electron chi connectivity index (χ1n) is 4.57. The van der Waals surface area contributed by atoms with Crippen LogP contribution in [0.4, 0.5) is 0 Å². The maximum atomic E-state index is 8.76. The highest BCUT2D eigenvalue weighted by molar-refractivity contribution is 5.27. The van der Waals surface area contributed by atoms with E-state index in [4.69, 9.17) is 15.6 Å². The number of methoxy groups -OCH3 is 1. The average Bonchev–Trinajstić information content (AvgIpc) is 2.17. The summed E-state index contributed by atoms with van der Waals surface area (Å²) in [4.78, 5) is 4.21. The number of hydrogen-bond acceptors (Lipinski definition) is 4. The Hall–Kier alpha value is -1.13. The summed E-state index contributed by atoms with van der Waals surface area (Å²) < 4.78 is 4.99. The molecule has 0 saturated heterocycles. The van der Waals surface area contributed by atoms with Gasteiger partial charge in [0.05, 0.1) is 7.11 Å². The van der Waals surface area contributed by atoms with E-state index in [2.05, 4.69) is 4.98 Å². The second-order valence-corrected chi connectivity index (χ2v) is 3.15. The van der Waals surface area contributed by atoms with Crippen molar-refractivity contribution in [1.82, 2.24) is 4.98 Å². The monoisotopic (exact) mass is 196 g/mol. The van der Waals surface area contributed by atoms with Crippen LogP contribution in [0.5, 0.6) is 5.88 Å². The molecule has 0 radical (unpaired) electrons. The van der Waals surface area contributed by atoms with Crippen molar-refractivity contribution >= 4 is 0 Å². The summed E-state index contributed by atoms with van der Waals surface area (Å²) in [7, 11) is 1.58. The number of aliphatic hydroxyl groups excluding tert-OH is 1. The van der Waals surface area contributed by atoms with Gasteiger partial charge >= 0.3 is 0 Å². The predicted octanol–water partition coefficient (Wildman–Crippen LogP) is 0.781. The summed E-state index contributed by atoms with van der Waals surface area (Å²) in [6.45, 7) is 1.97. The van der Waals surface area contributed by atoms with E-state index in [0.717, 1.165) is 11.3 Å². The molecule has 0 aliphatic rings. The highest BCUT2D eigenvalue weighted by Gasteiger charge is 2.09. The zero-order chi connectivity index (χ0) is 10.6. The summed E-state index contributed by atoms with van der Waals surface area (Å²) >= 11 is 0. The summed E-state index contributed by atoms with van der Waals surface area (Å²) in [6, 6.07) is 3.51. The number of aromatic nitrogens is 1.